The second-order valence-corrected chi connectivity index (χ2v) is 5.41. The van der Waals surface area contributed by atoms with E-state index in [-0.39, 0.29) is 0 Å². The van der Waals surface area contributed by atoms with E-state index < -0.39 is 0 Å². The third-order valence-electron chi connectivity index (χ3n) is 3.04. The molecule has 0 bridgehead atoms. The highest BCUT2D eigenvalue weighted by atomic mass is 32.2. The quantitative estimate of drug-likeness (QED) is 0.506. The van der Waals surface area contributed by atoms with E-state index in [0.717, 1.165) is 30.4 Å². The van der Waals surface area contributed by atoms with Crippen LogP contribution in [0.3, 0.4) is 0 Å². The number of anilines is 1. The first kappa shape index (κ1) is 16.1. The van der Waals surface area contributed by atoms with Crippen molar-refractivity contribution in [3.63, 3.8) is 0 Å². The fraction of sp³-hybridized carbons (Fsp3) is 0.533. The lowest BCUT2D eigenvalue weighted by Crippen LogP contribution is -2.10. The van der Waals surface area contributed by atoms with Crippen molar-refractivity contribution in [1.29, 1.82) is 0 Å². The molecule has 0 radical (unpaired) electrons. The topological polar surface area (TPSA) is 33.6 Å². The van der Waals surface area contributed by atoms with Gasteiger partial charge < -0.3 is 10.1 Å². The SMILES string of the molecule is COCCCN=C(Nc1cc(C)c(C)cc1C)SC. The molecule has 0 amide bonds. The van der Waals surface area contributed by atoms with Crippen LogP contribution in [0.25, 0.3) is 0 Å². The smallest absolute Gasteiger partial charge is 0.160 e. The monoisotopic (exact) mass is 280 g/mol. The van der Waals surface area contributed by atoms with Crippen molar-refractivity contribution in [2.24, 2.45) is 4.99 Å². The molecule has 0 fully saturated rings. The summed E-state index contributed by atoms with van der Waals surface area (Å²) in [5, 5.41) is 4.37. The summed E-state index contributed by atoms with van der Waals surface area (Å²) in [6.07, 6.45) is 2.99. The zero-order valence-corrected chi connectivity index (χ0v) is 13.4. The molecule has 0 heterocycles. The number of methoxy groups -OCH3 is 1. The van der Waals surface area contributed by atoms with E-state index in [9.17, 15) is 0 Å². The van der Waals surface area contributed by atoms with Crippen LogP contribution in [-0.4, -0.2) is 31.7 Å². The van der Waals surface area contributed by atoms with Gasteiger partial charge in [-0.2, -0.15) is 0 Å². The molecule has 0 spiro atoms. The number of hydrogen-bond acceptors (Lipinski definition) is 3. The normalized spacial score (nSPS) is 11.7. The average molecular weight is 280 g/mol. The standard InChI is InChI=1S/C15H24N2OS/c1-11-9-13(3)14(10-12(11)2)17-15(19-5)16-7-6-8-18-4/h9-10H,6-8H2,1-5H3,(H,16,17). The highest BCUT2D eigenvalue weighted by Gasteiger charge is 2.04. The number of nitrogens with one attached hydrogen (secondary N) is 1. The zero-order valence-electron chi connectivity index (χ0n) is 12.5. The highest BCUT2D eigenvalue weighted by molar-refractivity contribution is 8.13. The third-order valence-corrected chi connectivity index (χ3v) is 3.66. The number of aryl methyl sites for hydroxylation is 3. The number of hydrogen-bond donors (Lipinski definition) is 1. The summed E-state index contributed by atoms with van der Waals surface area (Å²) in [6, 6.07) is 4.39. The number of rotatable bonds is 5. The molecule has 0 unspecified atom stereocenters. The summed E-state index contributed by atoms with van der Waals surface area (Å²) in [6.45, 7) is 7.95. The van der Waals surface area contributed by atoms with E-state index in [1.54, 1.807) is 18.9 Å². The zero-order chi connectivity index (χ0) is 14.3. The summed E-state index contributed by atoms with van der Waals surface area (Å²) in [5.74, 6) is 0. The molecule has 1 aromatic rings. The van der Waals surface area contributed by atoms with Crippen molar-refractivity contribution in [3.05, 3.63) is 28.8 Å². The number of amidine groups is 1. The van der Waals surface area contributed by atoms with Gasteiger partial charge in [0.15, 0.2) is 5.17 Å². The molecule has 0 aliphatic heterocycles. The Labute approximate surface area is 120 Å². The minimum atomic E-state index is 0.758. The lowest BCUT2D eigenvalue weighted by atomic mass is 10.1. The molecular weight excluding hydrogens is 256 g/mol. The molecule has 0 aromatic heterocycles. The van der Waals surface area contributed by atoms with E-state index >= 15 is 0 Å². The van der Waals surface area contributed by atoms with Crippen molar-refractivity contribution < 1.29 is 4.74 Å². The van der Waals surface area contributed by atoms with Gasteiger partial charge in [-0.15, -0.1) is 0 Å². The van der Waals surface area contributed by atoms with Crippen LogP contribution in [0.2, 0.25) is 0 Å². The van der Waals surface area contributed by atoms with Crippen molar-refractivity contribution in [1.82, 2.24) is 0 Å². The Morgan fingerprint density at radius 3 is 2.53 bits per heavy atom. The molecule has 1 N–H and O–H groups in total. The Hall–Kier alpha value is -1.00. The number of benzene rings is 1. The summed E-state index contributed by atoms with van der Waals surface area (Å²) in [7, 11) is 1.72. The van der Waals surface area contributed by atoms with Crippen LogP contribution in [0.15, 0.2) is 17.1 Å². The second-order valence-electron chi connectivity index (χ2n) is 4.61. The largest absolute Gasteiger partial charge is 0.385 e. The summed E-state index contributed by atoms with van der Waals surface area (Å²) < 4.78 is 5.03. The number of ether oxygens (including phenoxy) is 1. The number of nitrogens with zero attached hydrogens (tertiary/aromatic N) is 1. The fourth-order valence-corrected chi connectivity index (χ4v) is 2.19. The lowest BCUT2D eigenvalue weighted by molar-refractivity contribution is 0.197. The molecule has 0 saturated heterocycles. The van der Waals surface area contributed by atoms with Gasteiger partial charge in [0, 0.05) is 25.9 Å². The molecule has 0 aliphatic rings. The van der Waals surface area contributed by atoms with E-state index in [1.165, 1.54) is 16.7 Å². The number of thioether (sulfide) groups is 1. The van der Waals surface area contributed by atoms with E-state index in [2.05, 4.69) is 43.2 Å². The highest BCUT2D eigenvalue weighted by Crippen LogP contribution is 2.21. The molecule has 4 heteroatoms. The summed E-state index contributed by atoms with van der Waals surface area (Å²) >= 11 is 1.64. The Morgan fingerprint density at radius 1 is 1.21 bits per heavy atom. The average Bonchev–Trinajstić information content (AvgIpc) is 2.39. The molecular formula is C15H24N2OS. The number of aliphatic imine (C=N–C) groups is 1. The summed E-state index contributed by atoms with van der Waals surface area (Å²) in [5.41, 5.74) is 5.02. The Morgan fingerprint density at radius 2 is 1.89 bits per heavy atom. The van der Waals surface area contributed by atoms with Crippen molar-refractivity contribution >= 4 is 22.6 Å². The van der Waals surface area contributed by atoms with Gasteiger partial charge >= 0.3 is 0 Å². The molecule has 106 valence electrons. The van der Waals surface area contributed by atoms with Gasteiger partial charge in [-0.1, -0.05) is 17.8 Å². The van der Waals surface area contributed by atoms with E-state index in [1.807, 2.05) is 6.26 Å². The van der Waals surface area contributed by atoms with Crippen LogP contribution in [-0.2, 0) is 4.74 Å². The molecule has 0 saturated carbocycles. The maximum Gasteiger partial charge on any atom is 0.160 e. The van der Waals surface area contributed by atoms with Gasteiger partial charge in [-0.05, 0) is 56.2 Å². The summed E-state index contributed by atoms with van der Waals surface area (Å²) in [4.78, 5) is 4.56. The molecule has 19 heavy (non-hydrogen) atoms. The second kappa shape index (κ2) is 8.23. The lowest BCUT2D eigenvalue weighted by Gasteiger charge is -2.13. The third kappa shape index (κ3) is 5.25. The molecule has 3 nitrogen and oxygen atoms in total. The minimum absolute atomic E-state index is 0.758. The van der Waals surface area contributed by atoms with Crippen LogP contribution in [0, 0.1) is 20.8 Å². The van der Waals surface area contributed by atoms with Gasteiger partial charge in [0.05, 0.1) is 0 Å². The first-order valence-corrected chi connectivity index (χ1v) is 7.73. The molecule has 0 atom stereocenters. The van der Waals surface area contributed by atoms with E-state index in [4.69, 9.17) is 4.74 Å². The molecule has 1 aromatic carbocycles. The van der Waals surface area contributed by atoms with Crippen molar-refractivity contribution in [2.45, 2.75) is 27.2 Å². The van der Waals surface area contributed by atoms with Gasteiger partial charge in [-0.25, -0.2) is 0 Å². The van der Waals surface area contributed by atoms with Gasteiger partial charge in [-0.3, -0.25) is 4.99 Å². The first-order chi connectivity index (χ1) is 9.08. The fourth-order valence-electron chi connectivity index (χ4n) is 1.75. The molecule has 1 rings (SSSR count). The van der Waals surface area contributed by atoms with Gasteiger partial charge in [0.2, 0.25) is 0 Å². The van der Waals surface area contributed by atoms with Crippen molar-refractivity contribution in [3.8, 4) is 0 Å². The molecule has 0 aliphatic carbocycles. The predicted molar refractivity (Wildman–Crippen MR) is 86.6 cm³/mol. The maximum absolute atomic E-state index is 5.03. The minimum Gasteiger partial charge on any atom is -0.385 e. The Kier molecular flexibility index (Phi) is 6.95. The predicted octanol–water partition coefficient (Wildman–Crippen LogP) is 3.78. The van der Waals surface area contributed by atoms with Crippen LogP contribution >= 0.6 is 11.8 Å². The first-order valence-electron chi connectivity index (χ1n) is 6.50. The van der Waals surface area contributed by atoms with E-state index in [0.29, 0.717) is 0 Å². The Bertz CT molecular complexity index is 444. The van der Waals surface area contributed by atoms with Gasteiger partial charge in [0.1, 0.15) is 0 Å². The van der Waals surface area contributed by atoms with Crippen LogP contribution in [0.4, 0.5) is 5.69 Å². The van der Waals surface area contributed by atoms with Crippen LogP contribution in [0.1, 0.15) is 23.1 Å². The Balaban J connectivity index is 2.72. The van der Waals surface area contributed by atoms with Crippen LogP contribution in [0.5, 0.6) is 0 Å². The maximum atomic E-state index is 5.03. The van der Waals surface area contributed by atoms with Gasteiger partial charge in [0.25, 0.3) is 0 Å². The van der Waals surface area contributed by atoms with Crippen LogP contribution < -0.4 is 5.32 Å². The van der Waals surface area contributed by atoms with Crippen molar-refractivity contribution in [2.75, 3.05) is 31.8 Å².